The van der Waals surface area contributed by atoms with Crippen LogP contribution >= 0.6 is 0 Å². The van der Waals surface area contributed by atoms with Gasteiger partial charge in [0.25, 0.3) is 0 Å². The lowest BCUT2D eigenvalue weighted by Gasteiger charge is -2.06. The van der Waals surface area contributed by atoms with E-state index in [2.05, 4.69) is 4.98 Å². The van der Waals surface area contributed by atoms with E-state index in [1.165, 1.54) is 6.07 Å². The number of aryl methyl sites for hydroxylation is 2. The van der Waals surface area contributed by atoms with E-state index < -0.39 is 0 Å². The molecule has 2 rings (SSSR count). The fraction of sp³-hybridized carbons (Fsp3) is 0.250. The first-order valence-corrected chi connectivity index (χ1v) is 4.97. The molecule has 2 nitrogen and oxygen atoms in total. The Morgan fingerprint density at radius 3 is 2.73 bits per heavy atom. The van der Waals surface area contributed by atoms with Crippen LogP contribution in [0.15, 0.2) is 18.2 Å². The second-order valence-electron chi connectivity index (χ2n) is 3.67. The molecule has 0 unspecified atom stereocenters. The molecule has 1 aromatic carbocycles. The predicted molar refractivity (Wildman–Crippen MR) is 60.2 cm³/mol. The van der Waals surface area contributed by atoms with Crippen molar-refractivity contribution in [2.24, 2.45) is 0 Å². The van der Waals surface area contributed by atoms with E-state index >= 15 is 0 Å². The summed E-state index contributed by atoms with van der Waals surface area (Å²) < 4.78 is 13.3. The van der Waals surface area contributed by atoms with Crippen molar-refractivity contribution >= 4 is 16.6 Å². The zero-order chi connectivity index (χ0) is 11.0. The van der Waals surface area contributed by atoms with Crippen molar-refractivity contribution in [1.29, 1.82) is 0 Å². The average Bonchev–Trinajstić information content (AvgIpc) is 2.21. The molecule has 2 aromatic rings. The van der Waals surface area contributed by atoms with E-state index in [1.807, 2.05) is 13.0 Å². The maximum atomic E-state index is 13.3. The first kappa shape index (κ1) is 9.90. The number of anilines is 1. The normalized spacial score (nSPS) is 10.9. The SMILES string of the molecule is CCc1cc(N)c2cc(C)c(F)cc2n1. The molecule has 0 saturated heterocycles. The van der Waals surface area contributed by atoms with Crippen LogP contribution in [0.3, 0.4) is 0 Å². The number of benzene rings is 1. The van der Waals surface area contributed by atoms with Crippen LogP contribution in [0.1, 0.15) is 18.2 Å². The van der Waals surface area contributed by atoms with Gasteiger partial charge in [-0.3, -0.25) is 4.98 Å². The topological polar surface area (TPSA) is 38.9 Å². The summed E-state index contributed by atoms with van der Waals surface area (Å²) in [7, 11) is 0. The highest BCUT2D eigenvalue weighted by Crippen LogP contribution is 2.23. The van der Waals surface area contributed by atoms with Gasteiger partial charge in [-0.05, 0) is 31.0 Å². The van der Waals surface area contributed by atoms with Gasteiger partial charge in [0.2, 0.25) is 0 Å². The Morgan fingerprint density at radius 1 is 1.33 bits per heavy atom. The number of halogens is 1. The minimum atomic E-state index is -0.234. The molecule has 0 fully saturated rings. The molecule has 0 radical (unpaired) electrons. The van der Waals surface area contributed by atoms with Crippen molar-refractivity contribution in [2.75, 3.05) is 5.73 Å². The fourth-order valence-electron chi connectivity index (χ4n) is 1.62. The molecular weight excluding hydrogens is 191 g/mol. The molecule has 0 spiro atoms. The summed E-state index contributed by atoms with van der Waals surface area (Å²) in [4.78, 5) is 4.34. The summed E-state index contributed by atoms with van der Waals surface area (Å²) in [6.45, 7) is 3.72. The summed E-state index contributed by atoms with van der Waals surface area (Å²) in [6, 6.07) is 5.03. The number of nitrogens with zero attached hydrogens (tertiary/aromatic N) is 1. The third kappa shape index (κ3) is 1.65. The van der Waals surface area contributed by atoms with E-state index in [-0.39, 0.29) is 5.82 Å². The molecular formula is C12H13FN2. The molecule has 0 bridgehead atoms. The fourth-order valence-corrected chi connectivity index (χ4v) is 1.62. The van der Waals surface area contributed by atoms with Crippen LogP contribution in [0.25, 0.3) is 10.9 Å². The zero-order valence-corrected chi connectivity index (χ0v) is 8.84. The second kappa shape index (κ2) is 3.50. The Morgan fingerprint density at radius 2 is 2.07 bits per heavy atom. The van der Waals surface area contributed by atoms with E-state index in [9.17, 15) is 4.39 Å². The molecule has 0 amide bonds. The van der Waals surface area contributed by atoms with Gasteiger partial charge in [-0.2, -0.15) is 0 Å². The molecule has 0 aliphatic heterocycles. The minimum Gasteiger partial charge on any atom is -0.398 e. The smallest absolute Gasteiger partial charge is 0.128 e. The number of nitrogen functional groups attached to an aromatic ring is 1. The van der Waals surface area contributed by atoms with E-state index in [4.69, 9.17) is 5.73 Å². The van der Waals surface area contributed by atoms with Gasteiger partial charge in [0.15, 0.2) is 0 Å². The van der Waals surface area contributed by atoms with Crippen molar-refractivity contribution in [3.63, 3.8) is 0 Å². The van der Waals surface area contributed by atoms with Crippen molar-refractivity contribution < 1.29 is 4.39 Å². The Balaban J connectivity index is 2.80. The molecule has 15 heavy (non-hydrogen) atoms. The van der Waals surface area contributed by atoms with Gasteiger partial charge in [0.05, 0.1) is 5.52 Å². The standard InChI is InChI=1S/C12H13FN2/c1-3-8-5-11(14)9-4-7(2)10(13)6-12(9)15-8/h4-6H,3H2,1-2H3,(H2,14,15). The molecule has 0 aliphatic rings. The van der Waals surface area contributed by atoms with Crippen LogP contribution in [0.5, 0.6) is 0 Å². The third-order valence-corrected chi connectivity index (χ3v) is 2.54. The molecule has 0 aliphatic carbocycles. The van der Waals surface area contributed by atoms with E-state index in [0.717, 1.165) is 17.5 Å². The molecule has 1 heterocycles. The Hall–Kier alpha value is -1.64. The number of hydrogen-bond acceptors (Lipinski definition) is 2. The van der Waals surface area contributed by atoms with Crippen molar-refractivity contribution in [1.82, 2.24) is 4.98 Å². The first-order valence-electron chi connectivity index (χ1n) is 4.97. The first-order chi connectivity index (χ1) is 7.11. The second-order valence-corrected chi connectivity index (χ2v) is 3.67. The van der Waals surface area contributed by atoms with Crippen LogP contribution < -0.4 is 5.73 Å². The largest absolute Gasteiger partial charge is 0.398 e. The number of aromatic nitrogens is 1. The van der Waals surface area contributed by atoms with Gasteiger partial charge in [0, 0.05) is 22.8 Å². The summed E-state index contributed by atoms with van der Waals surface area (Å²) in [5, 5.41) is 0.825. The van der Waals surface area contributed by atoms with E-state index in [0.29, 0.717) is 16.8 Å². The maximum Gasteiger partial charge on any atom is 0.128 e. The van der Waals surface area contributed by atoms with Crippen LogP contribution in [0, 0.1) is 12.7 Å². The number of pyridine rings is 1. The molecule has 2 N–H and O–H groups in total. The van der Waals surface area contributed by atoms with Crippen LogP contribution in [-0.4, -0.2) is 4.98 Å². The molecule has 78 valence electrons. The van der Waals surface area contributed by atoms with E-state index in [1.54, 1.807) is 13.0 Å². The number of fused-ring (bicyclic) bond motifs is 1. The van der Waals surface area contributed by atoms with Gasteiger partial charge in [-0.25, -0.2) is 4.39 Å². The van der Waals surface area contributed by atoms with Crippen molar-refractivity contribution in [2.45, 2.75) is 20.3 Å². The number of nitrogens with two attached hydrogens (primary N) is 1. The quantitative estimate of drug-likeness (QED) is 0.775. The zero-order valence-electron chi connectivity index (χ0n) is 8.84. The van der Waals surface area contributed by atoms with Crippen molar-refractivity contribution in [3.05, 3.63) is 35.3 Å². The lowest BCUT2D eigenvalue weighted by atomic mass is 10.1. The number of rotatable bonds is 1. The minimum absolute atomic E-state index is 0.234. The Labute approximate surface area is 87.9 Å². The molecule has 3 heteroatoms. The predicted octanol–water partition coefficient (Wildman–Crippen LogP) is 2.83. The molecule has 0 atom stereocenters. The lowest BCUT2D eigenvalue weighted by Crippen LogP contribution is -1.96. The highest BCUT2D eigenvalue weighted by Gasteiger charge is 2.06. The Kier molecular flexibility index (Phi) is 2.31. The molecule has 1 aromatic heterocycles. The van der Waals surface area contributed by atoms with Gasteiger partial charge < -0.3 is 5.73 Å². The highest BCUT2D eigenvalue weighted by atomic mass is 19.1. The van der Waals surface area contributed by atoms with Gasteiger partial charge in [-0.1, -0.05) is 6.92 Å². The van der Waals surface area contributed by atoms with Crippen LogP contribution in [0.2, 0.25) is 0 Å². The summed E-state index contributed by atoms with van der Waals surface area (Å²) in [5.74, 6) is -0.234. The maximum absolute atomic E-state index is 13.3. The van der Waals surface area contributed by atoms with Gasteiger partial charge in [0.1, 0.15) is 5.82 Å². The molecule has 0 saturated carbocycles. The summed E-state index contributed by atoms with van der Waals surface area (Å²) in [6.07, 6.45) is 0.801. The lowest BCUT2D eigenvalue weighted by molar-refractivity contribution is 0.620. The Bertz CT molecular complexity index is 521. The highest BCUT2D eigenvalue weighted by molar-refractivity contribution is 5.90. The monoisotopic (exact) mass is 204 g/mol. The van der Waals surface area contributed by atoms with Crippen LogP contribution in [0.4, 0.5) is 10.1 Å². The summed E-state index contributed by atoms with van der Waals surface area (Å²) in [5.41, 5.74) is 8.68. The number of hydrogen-bond donors (Lipinski definition) is 1. The van der Waals surface area contributed by atoms with Gasteiger partial charge >= 0.3 is 0 Å². The third-order valence-electron chi connectivity index (χ3n) is 2.54. The van der Waals surface area contributed by atoms with Crippen LogP contribution in [-0.2, 0) is 6.42 Å². The summed E-state index contributed by atoms with van der Waals surface area (Å²) >= 11 is 0. The van der Waals surface area contributed by atoms with Crippen molar-refractivity contribution in [3.8, 4) is 0 Å². The average molecular weight is 204 g/mol. The van der Waals surface area contributed by atoms with Gasteiger partial charge in [-0.15, -0.1) is 0 Å².